The van der Waals surface area contributed by atoms with Crippen LogP contribution in [0.4, 0.5) is 10.1 Å². The molecule has 0 aromatic heterocycles. The monoisotopic (exact) mass is 258 g/mol. The van der Waals surface area contributed by atoms with E-state index in [1.165, 1.54) is 12.1 Å². The van der Waals surface area contributed by atoms with Crippen molar-refractivity contribution >= 4 is 34.2 Å². The summed E-state index contributed by atoms with van der Waals surface area (Å²) in [7, 11) is 0. The molecule has 1 aliphatic rings. The fourth-order valence-electron chi connectivity index (χ4n) is 1.44. The lowest BCUT2D eigenvalue weighted by Gasteiger charge is -2.05. The van der Waals surface area contributed by atoms with E-state index in [9.17, 15) is 4.39 Å². The van der Waals surface area contributed by atoms with Gasteiger partial charge in [0.25, 0.3) is 0 Å². The fraction of sp³-hybridized carbons (Fsp3) is 0.364. The van der Waals surface area contributed by atoms with Crippen LogP contribution in [-0.4, -0.2) is 17.0 Å². The predicted octanol–water partition coefficient (Wildman–Crippen LogP) is 3.77. The molecule has 1 N–H and O–H groups in total. The number of nitrogens with zero attached hydrogens (tertiary/aromatic N) is 1. The lowest BCUT2D eigenvalue weighted by molar-refractivity contribution is 0.628. The zero-order chi connectivity index (χ0) is 11.5. The van der Waals surface area contributed by atoms with Gasteiger partial charge >= 0.3 is 0 Å². The first-order valence-corrected chi connectivity index (χ1v) is 6.47. The van der Waals surface area contributed by atoms with Crippen LogP contribution in [0, 0.1) is 5.82 Å². The number of hydrogen-bond acceptors (Lipinski definition) is 3. The largest absolute Gasteiger partial charge is 0.335 e. The molecule has 16 heavy (non-hydrogen) atoms. The van der Waals surface area contributed by atoms with Crippen molar-refractivity contribution in [1.82, 2.24) is 0 Å². The van der Waals surface area contributed by atoms with Gasteiger partial charge in [-0.05, 0) is 24.6 Å². The van der Waals surface area contributed by atoms with Crippen molar-refractivity contribution in [2.24, 2.45) is 4.99 Å². The van der Waals surface area contributed by atoms with Crippen molar-refractivity contribution in [3.05, 3.63) is 29.0 Å². The van der Waals surface area contributed by atoms with E-state index in [4.69, 9.17) is 11.6 Å². The first kappa shape index (κ1) is 11.7. The van der Waals surface area contributed by atoms with Crippen molar-refractivity contribution in [3.8, 4) is 0 Å². The lowest BCUT2D eigenvalue weighted by Crippen LogP contribution is -2.05. The highest BCUT2D eigenvalue weighted by Crippen LogP contribution is 2.24. The van der Waals surface area contributed by atoms with Crippen molar-refractivity contribution in [3.63, 3.8) is 0 Å². The van der Waals surface area contributed by atoms with E-state index in [0.29, 0.717) is 16.8 Å². The van der Waals surface area contributed by atoms with Crippen molar-refractivity contribution in [1.29, 1.82) is 0 Å². The quantitative estimate of drug-likeness (QED) is 0.873. The van der Waals surface area contributed by atoms with Gasteiger partial charge in [-0.1, -0.05) is 30.3 Å². The van der Waals surface area contributed by atoms with Gasteiger partial charge in [-0.3, -0.25) is 4.99 Å². The third-order valence-electron chi connectivity index (χ3n) is 2.30. The molecule has 1 aliphatic heterocycles. The molecule has 1 heterocycles. The number of thioether (sulfide) groups is 1. The van der Waals surface area contributed by atoms with Crippen LogP contribution in [0.25, 0.3) is 0 Å². The second-order valence-electron chi connectivity index (χ2n) is 3.59. The standard InChI is InChI=1S/C11H12ClFN2S/c1-2-9-6-16-11(14-9)15-10-4-7(12)3-8(13)5-10/h3-5,9H,2,6H2,1H3,(H,14,15). The fourth-order valence-corrected chi connectivity index (χ4v) is 2.74. The van der Waals surface area contributed by atoms with Crippen LogP contribution >= 0.6 is 23.4 Å². The van der Waals surface area contributed by atoms with Gasteiger partial charge < -0.3 is 5.32 Å². The van der Waals surface area contributed by atoms with Crippen LogP contribution in [-0.2, 0) is 0 Å². The number of benzene rings is 1. The molecule has 1 atom stereocenters. The van der Waals surface area contributed by atoms with Gasteiger partial charge in [0.2, 0.25) is 0 Å². The Balaban J connectivity index is 2.09. The number of aliphatic imine (C=N–C) groups is 1. The summed E-state index contributed by atoms with van der Waals surface area (Å²) >= 11 is 7.42. The molecule has 1 unspecified atom stereocenters. The molecule has 1 aromatic rings. The summed E-state index contributed by atoms with van der Waals surface area (Å²) in [5.74, 6) is 0.646. The second kappa shape index (κ2) is 5.06. The van der Waals surface area contributed by atoms with Crippen LogP contribution in [0.5, 0.6) is 0 Å². The lowest BCUT2D eigenvalue weighted by atomic mass is 10.3. The van der Waals surface area contributed by atoms with E-state index in [0.717, 1.165) is 17.3 Å². The van der Waals surface area contributed by atoms with E-state index >= 15 is 0 Å². The van der Waals surface area contributed by atoms with E-state index in [-0.39, 0.29) is 5.82 Å². The molecule has 2 nitrogen and oxygen atoms in total. The molecule has 86 valence electrons. The highest BCUT2D eigenvalue weighted by molar-refractivity contribution is 8.14. The Kier molecular flexibility index (Phi) is 3.71. The molecule has 0 saturated heterocycles. The summed E-state index contributed by atoms with van der Waals surface area (Å²) in [6.45, 7) is 2.11. The van der Waals surface area contributed by atoms with Gasteiger partial charge in [0, 0.05) is 16.5 Å². The topological polar surface area (TPSA) is 24.4 Å². The molecule has 0 bridgehead atoms. The Morgan fingerprint density at radius 3 is 3.00 bits per heavy atom. The SMILES string of the molecule is CCC1CSC(Nc2cc(F)cc(Cl)c2)=N1. The average Bonchev–Trinajstić information content (AvgIpc) is 2.64. The summed E-state index contributed by atoms with van der Waals surface area (Å²) < 4.78 is 13.1. The number of anilines is 1. The van der Waals surface area contributed by atoms with Crippen LogP contribution in [0.2, 0.25) is 5.02 Å². The summed E-state index contributed by atoms with van der Waals surface area (Å²) in [4.78, 5) is 4.46. The predicted molar refractivity (Wildman–Crippen MR) is 69.0 cm³/mol. The smallest absolute Gasteiger partial charge is 0.161 e. The molecule has 1 aromatic carbocycles. The van der Waals surface area contributed by atoms with Gasteiger partial charge in [0.15, 0.2) is 5.17 Å². The Morgan fingerprint density at radius 2 is 2.38 bits per heavy atom. The molecule has 0 aliphatic carbocycles. The van der Waals surface area contributed by atoms with Crippen molar-refractivity contribution in [2.75, 3.05) is 11.1 Å². The number of hydrogen-bond donors (Lipinski definition) is 1. The van der Waals surface area contributed by atoms with Gasteiger partial charge in [-0.2, -0.15) is 0 Å². The van der Waals surface area contributed by atoms with E-state index < -0.39 is 0 Å². The molecule has 0 spiro atoms. The molecule has 0 saturated carbocycles. The zero-order valence-electron chi connectivity index (χ0n) is 8.84. The van der Waals surface area contributed by atoms with Gasteiger partial charge in [0.1, 0.15) is 5.82 Å². The maximum Gasteiger partial charge on any atom is 0.161 e. The average molecular weight is 259 g/mol. The van der Waals surface area contributed by atoms with Crippen LogP contribution in [0.3, 0.4) is 0 Å². The minimum absolute atomic E-state index is 0.342. The number of nitrogens with one attached hydrogen (secondary N) is 1. The Hall–Kier alpha value is -0.740. The van der Waals surface area contributed by atoms with Crippen LogP contribution < -0.4 is 5.32 Å². The van der Waals surface area contributed by atoms with E-state index in [1.54, 1.807) is 17.8 Å². The maximum absolute atomic E-state index is 13.1. The molecule has 0 radical (unpaired) electrons. The number of rotatable bonds is 2. The van der Waals surface area contributed by atoms with Gasteiger partial charge in [0.05, 0.1) is 6.04 Å². The summed E-state index contributed by atoms with van der Waals surface area (Å²) in [6, 6.07) is 4.75. The van der Waals surface area contributed by atoms with E-state index in [1.807, 2.05) is 0 Å². The van der Waals surface area contributed by atoms with Gasteiger partial charge in [-0.15, -0.1) is 0 Å². The highest BCUT2D eigenvalue weighted by Gasteiger charge is 2.16. The Labute approximate surface area is 103 Å². The van der Waals surface area contributed by atoms with Crippen LogP contribution in [0.1, 0.15) is 13.3 Å². The minimum Gasteiger partial charge on any atom is -0.335 e. The minimum atomic E-state index is -0.342. The number of halogens is 2. The third kappa shape index (κ3) is 2.89. The summed E-state index contributed by atoms with van der Waals surface area (Å²) in [5.41, 5.74) is 0.646. The molecular weight excluding hydrogens is 247 g/mol. The second-order valence-corrected chi connectivity index (χ2v) is 5.04. The maximum atomic E-state index is 13.1. The number of amidine groups is 1. The first-order valence-electron chi connectivity index (χ1n) is 5.11. The van der Waals surface area contributed by atoms with Crippen LogP contribution in [0.15, 0.2) is 23.2 Å². The molecule has 0 fully saturated rings. The zero-order valence-corrected chi connectivity index (χ0v) is 10.4. The van der Waals surface area contributed by atoms with Crippen molar-refractivity contribution < 1.29 is 4.39 Å². The Bertz CT molecular complexity index is 402. The molecular formula is C11H12ClFN2S. The molecule has 2 rings (SSSR count). The van der Waals surface area contributed by atoms with E-state index in [2.05, 4.69) is 17.2 Å². The molecule has 0 amide bonds. The first-order chi connectivity index (χ1) is 7.67. The Morgan fingerprint density at radius 1 is 1.56 bits per heavy atom. The van der Waals surface area contributed by atoms with Gasteiger partial charge in [-0.25, -0.2) is 4.39 Å². The highest BCUT2D eigenvalue weighted by atomic mass is 35.5. The third-order valence-corrected chi connectivity index (χ3v) is 3.55. The normalized spacial score (nSPS) is 19.7. The molecule has 5 heteroatoms. The summed E-state index contributed by atoms with van der Waals surface area (Å²) in [5, 5.41) is 4.30. The van der Waals surface area contributed by atoms with Crippen molar-refractivity contribution in [2.45, 2.75) is 19.4 Å². The summed E-state index contributed by atoms with van der Waals surface area (Å²) in [6.07, 6.45) is 1.03.